The van der Waals surface area contributed by atoms with Crippen LogP contribution in [0.15, 0.2) is 28.8 Å². The van der Waals surface area contributed by atoms with E-state index in [2.05, 4.69) is 15.5 Å². The molecule has 1 aromatic heterocycles. The summed E-state index contributed by atoms with van der Waals surface area (Å²) in [7, 11) is 1.55. The van der Waals surface area contributed by atoms with Gasteiger partial charge in [0.05, 0.1) is 6.42 Å². The minimum atomic E-state index is -0.181. The third-order valence-electron chi connectivity index (χ3n) is 2.60. The highest BCUT2D eigenvalue weighted by atomic mass is 16.5. The molecule has 0 radical (unpaired) electrons. The minimum absolute atomic E-state index is 0.00242. The molecule has 0 unspecified atom stereocenters. The molecule has 0 aliphatic carbocycles. The van der Waals surface area contributed by atoms with Gasteiger partial charge in [-0.05, 0) is 19.1 Å². The zero-order chi connectivity index (χ0) is 13.8. The molecule has 0 atom stereocenters. The Morgan fingerprint density at radius 3 is 2.53 bits per heavy atom. The van der Waals surface area contributed by atoms with Crippen LogP contribution >= 0.6 is 0 Å². The van der Waals surface area contributed by atoms with E-state index in [-0.39, 0.29) is 18.1 Å². The van der Waals surface area contributed by atoms with Crippen molar-refractivity contribution < 1.29 is 14.1 Å². The molecule has 98 valence electrons. The molecule has 0 fully saturated rings. The quantitative estimate of drug-likeness (QED) is 0.834. The summed E-state index contributed by atoms with van der Waals surface area (Å²) < 4.78 is 5.07. The van der Waals surface area contributed by atoms with E-state index in [0.29, 0.717) is 22.8 Å². The van der Waals surface area contributed by atoms with Gasteiger partial charge in [-0.2, -0.15) is 4.98 Å². The largest absolute Gasteiger partial charge is 0.359 e. The van der Waals surface area contributed by atoms with E-state index in [1.807, 2.05) is 0 Å². The summed E-state index contributed by atoms with van der Waals surface area (Å²) in [6.07, 6.45) is 0.0749. The van der Waals surface area contributed by atoms with Crippen molar-refractivity contribution in [2.45, 2.75) is 13.3 Å². The first-order valence-electron chi connectivity index (χ1n) is 5.74. The molecule has 1 aromatic carbocycles. The number of nitrogens with zero attached hydrogens (tertiary/aromatic N) is 2. The van der Waals surface area contributed by atoms with Crippen LogP contribution in [0.5, 0.6) is 0 Å². The molecule has 6 heteroatoms. The summed E-state index contributed by atoms with van der Waals surface area (Å²) in [6.45, 7) is 1.50. The fourth-order valence-electron chi connectivity index (χ4n) is 1.52. The van der Waals surface area contributed by atoms with Crippen LogP contribution in [-0.4, -0.2) is 28.9 Å². The second-order valence-corrected chi connectivity index (χ2v) is 4.00. The van der Waals surface area contributed by atoms with Crippen LogP contribution in [0.1, 0.15) is 23.1 Å². The molecule has 1 heterocycles. The molecule has 2 aromatic rings. The molecule has 2 rings (SSSR count). The first-order chi connectivity index (χ1) is 9.10. The van der Waals surface area contributed by atoms with Crippen molar-refractivity contribution in [1.29, 1.82) is 0 Å². The summed E-state index contributed by atoms with van der Waals surface area (Å²) in [5.41, 5.74) is 1.33. The standard InChI is InChI=1S/C13H13N3O3/c1-8(17)9-3-5-10(6-4-9)13-15-11(16-19-13)7-12(18)14-2/h3-6H,7H2,1-2H3,(H,14,18). The van der Waals surface area contributed by atoms with Gasteiger partial charge in [-0.25, -0.2) is 0 Å². The van der Waals surface area contributed by atoms with E-state index in [1.165, 1.54) is 6.92 Å². The molecule has 1 amide bonds. The summed E-state index contributed by atoms with van der Waals surface area (Å²) in [4.78, 5) is 26.5. The first kappa shape index (κ1) is 12.9. The molecule has 0 spiro atoms. The molecule has 19 heavy (non-hydrogen) atoms. The van der Waals surface area contributed by atoms with Gasteiger partial charge in [-0.3, -0.25) is 9.59 Å². The van der Waals surface area contributed by atoms with Crippen molar-refractivity contribution in [3.63, 3.8) is 0 Å². The Balaban J connectivity index is 2.18. The third-order valence-corrected chi connectivity index (χ3v) is 2.60. The highest BCUT2D eigenvalue weighted by Crippen LogP contribution is 2.18. The van der Waals surface area contributed by atoms with Gasteiger partial charge in [-0.15, -0.1) is 0 Å². The molecule has 0 aliphatic rings. The van der Waals surface area contributed by atoms with Gasteiger partial charge in [0.25, 0.3) is 5.89 Å². The number of hydrogen-bond donors (Lipinski definition) is 1. The average molecular weight is 259 g/mol. The molecular weight excluding hydrogens is 246 g/mol. The Kier molecular flexibility index (Phi) is 3.70. The number of amides is 1. The van der Waals surface area contributed by atoms with E-state index in [4.69, 9.17) is 4.52 Å². The van der Waals surface area contributed by atoms with Crippen LogP contribution in [0, 0.1) is 0 Å². The lowest BCUT2D eigenvalue weighted by Gasteiger charge is -1.96. The van der Waals surface area contributed by atoms with E-state index >= 15 is 0 Å². The van der Waals surface area contributed by atoms with E-state index in [9.17, 15) is 9.59 Å². The molecular formula is C13H13N3O3. The second-order valence-electron chi connectivity index (χ2n) is 4.00. The highest BCUT2D eigenvalue weighted by molar-refractivity contribution is 5.94. The first-order valence-corrected chi connectivity index (χ1v) is 5.74. The Bertz CT molecular complexity index is 602. The topological polar surface area (TPSA) is 85.1 Å². The number of carbonyl (C=O) groups is 2. The van der Waals surface area contributed by atoms with Crippen LogP contribution in [0.4, 0.5) is 0 Å². The van der Waals surface area contributed by atoms with Crippen molar-refractivity contribution in [1.82, 2.24) is 15.5 Å². The summed E-state index contributed by atoms with van der Waals surface area (Å²) >= 11 is 0. The van der Waals surface area contributed by atoms with Gasteiger partial charge in [0.1, 0.15) is 0 Å². The Hall–Kier alpha value is -2.50. The Morgan fingerprint density at radius 1 is 1.26 bits per heavy atom. The number of benzene rings is 1. The molecule has 1 N–H and O–H groups in total. The maximum atomic E-state index is 11.2. The van der Waals surface area contributed by atoms with Gasteiger partial charge in [0.2, 0.25) is 5.91 Å². The lowest BCUT2D eigenvalue weighted by atomic mass is 10.1. The molecule has 0 saturated heterocycles. The lowest BCUT2D eigenvalue weighted by Crippen LogP contribution is -2.20. The van der Waals surface area contributed by atoms with Crippen molar-refractivity contribution in [2.24, 2.45) is 0 Å². The third kappa shape index (κ3) is 3.04. The molecule has 0 saturated carbocycles. The van der Waals surface area contributed by atoms with Crippen LogP contribution in [-0.2, 0) is 11.2 Å². The maximum absolute atomic E-state index is 11.2. The van der Waals surface area contributed by atoms with Gasteiger partial charge < -0.3 is 9.84 Å². The van der Waals surface area contributed by atoms with Crippen molar-refractivity contribution in [2.75, 3.05) is 7.05 Å². The number of nitrogens with one attached hydrogen (secondary N) is 1. The Labute approximate surface area is 109 Å². The summed E-state index contributed by atoms with van der Waals surface area (Å²) in [5, 5.41) is 6.21. The number of carbonyl (C=O) groups excluding carboxylic acids is 2. The fourth-order valence-corrected chi connectivity index (χ4v) is 1.52. The van der Waals surface area contributed by atoms with Gasteiger partial charge in [-0.1, -0.05) is 17.3 Å². The van der Waals surface area contributed by atoms with Crippen LogP contribution in [0.25, 0.3) is 11.5 Å². The Morgan fingerprint density at radius 2 is 1.95 bits per heavy atom. The van der Waals surface area contributed by atoms with E-state index in [1.54, 1.807) is 31.3 Å². The number of Topliss-reactive ketones (excluding diaryl/α,β-unsaturated/α-hetero) is 1. The minimum Gasteiger partial charge on any atom is -0.359 e. The SMILES string of the molecule is CNC(=O)Cc1noc(-c2ccc(C(C)=O)cc2)n1. The van der Waals surface area contributed by atoms with Gasteiger partial charge in [0.15, 0.2) is 11.6 Å². The lowest BCUT2D eigenvalue weighted by molar-refractivity contribution is -0.120. The normalized spacial score (nSPS) is 10.2. The highest BCUT2D eigenvalue weighted by Gasteiger charge is 2.11. The smallest absolute Gasteiger partial charge is 0.257 e. The predicted octanol–water partition coefficient (Wildman–Crippen LogP) is 1.23. The summed E-state index contributed by atoms with van der Waals surface area (Å²) in [6, 6.07) is 6.85. The molecule has 6 nitrogen and oxygen atoms in total. The average Bonchev–Trinajstić information content (AvgIpc) is 2.87. The molecule has 0 bridgehead atoms. The van der Waals surface area contributed by atoms with Gasteiger partial charge in [0, 0.05) is 18.2 Å². The monoisotopic (exact) mass is 259 g/mol. The second kappa shape index (κ2) is 5.43. The predicted molar refractivity (Wildman–Crippen MR) is 67.5 cm³/mol. The number of aromatic nitrogens is 2. The number of likely N-dealkylation sites (N-methyl/N-ethyl adjacent to an activating group) is 1. The van der Waals surface area contributed by atoms with Crippen molar-refractivity contribution in [3.8, 4) is 11.5 Å². The summed E-state index contributed by atoms with van der Waals surface area (Å²) in [5.74, 6) is 0.468. The van der Waals surface area contributed by atoms with E-state index < -0.39 is 0 Å². The fraction of sp³-hybridized carbons (Fsp3) is 0.231. The molecule has 0 aliphatic heterocycles. The number of hydrogen-bond acceptors (Lipinski definition) is 5. The van der Waals surface area contributed by atoms with Crippen molar-refractivity contribution in [3.05, 3.63) is 35.7 Å². The van der Waals surface area contributed by atoms with Crippen LogP contribution in [0.2, 0.25) is 0 Å². The zero-order valence-electron chi connectivity index (χ0n) is 10.6. The van der Waals surface area contributed by atoms with Crippen LogP contribution in [0.3, 0.4) is 0 Å². The maximum Gasteiger partial charge on any atom is 0.257 e. The number of rotatable bonds is 4. The number of ketones is 1. The van der Waals surface area contributed by atoms with Crippen molar-refractivity contribution >= 4 is 11.7 Å². The zero-order valence-corrected chi connectivity index (χ0v) is 10.6. The van der Waals surface area contributed by atoms with Gasteiger partial charge >= 0.3 is 0 Å². The van der Waals surface area contributed by atoms with E-state index in [0.717, 1.165) is 0 Å². The van der Waals surface area contributed by atoms with Crippen LogP contribution < -0.4 is 5.32 Å².